The average Bonchev–Trinajstić information content (AvgIpc) is 2.32. The number of hydrogen-bond donors (Lipinski definition) is 0. The molecule has 1 saturated heterocycles. The van der Waals surface area contributed by atoms with Gasteiger partial charge in [-0.15, -0.1) is 0 Å². The van der Waals surface area contributed by atoms with E-state index in [4.69, 9.17) is 4.18 Å². The molecular weight excluding hydrogens is 219 g/mol. The Morgan fingerprint density at radius 2 is 2.33 bits per heavy atom. The molecule has 0 spiro atoms. The molecule has 0 radical (unpaired) electrons. The smallest absolute Gasteiger partial charge is 0.790 e. The Morgan fingerprint density at radius 1 is 1.67 bits per heavy atom. The minimum Gasteiger partial charge on any atom is -0.790 e. The van der Waals surface area contributed by atoms with Crippen molar-refractivity contribution in [2.45, 2.75) is 6.10 Å². The quantitative estimate of drug-likeness (QED) is 0.325. The Balaban J connectivity index is 0.00000121. The van der Waals surface area contributed by atoms with Crippen molar-refractivity contribution in [3.05, 3.63) is 0 Å². The Labute approximate surface area is 89.8 Å². The van der Waals surface area contributed by atoms with Gasteiger partial charge in [0.25, 0.3) is 0 Å². The Hall–Kier alpha value is 1.15. The van der Waals surface area contributed by atoms with Gasteiger partial charge in [0, 0.05) is 0 Å². The zero-order valence-corrected chi connectivity index (χ0v) is 9.13. The van der Waals surface area contributed by atoms with Gasteiger partial charge >= 0.3 is 23.1 Å². The Morgan fingerprint density at radius 3 is 2.75 bits per heavy atom. The van der Waals surface area contributed by atoms with Gasteiger partial charge in [-0.3, -0.25) is 8.37 Å². The van der Waals surface area contributed by atoms with Crippen molar-refractivity contribution < 1.29 is 27.2 Å². The summed E-state index contributed by atoms with van der Waals surface area (Å²) in [6.45, 7) is -0.0536. The zero-order chi connectivity index (χ0) is 8.32. The summed E-state index contributed by atoms with van der Waals surface area (Å²) >= 11 is 0.759. The second kappa shape index (κ2) is 5.79. The van der Waals surface area contributed by atoms with Crippen LogP contribution in [-0.2, 0) is 17.5 Å². The molecule has 0 amide bonds. The fraction of sp³-hybridized carbons (Fsp3) is 1.00. The van der Waals surface area contributed by atoms with E-state index in [1.54, 1.807) is 0 Å². The van der Waals surface area contributed by atoms with Crippen LogP contribution in [-0.4, -0.2) is 42.4 Å². The number of phosphoric acid groups is 1. The van der Waals surface area contributed by atoms with Crippen molar-refractivity contribution in [3.63, 3.8) is 0 Å². The van der Waals surface area contributed by atoms with E-state index in [2.05, 4.69) is 8.71 Å². The molecule has 0 aromatic heterocycles. The molecule has 66 valence electrons. The van der Waals surface area contributed by atoms with Crippen molar-refractivity contribution in [1.82, 2.24) is 0 Å². The van der Waals surface area contributed by atoms with Gasteiger partial charge in [-0.05, 0) is 0 Å². The third kappa shape index (κ3) is 5.73. The maximum Gasteiger partial charge on any atom is 2.00 e. The maximum absolute atomic E-state index is 9.93. The second-order valence-electron chi connectivity index (χ2n) is 1.81. The monoisotopic (exact) mass is 224 g/mol. The first-order valence-corrected chi connectivity index (χ1v) is 4.82. The van der Waals surface area contributed by atoms with Crippen LogP contribution < -0.4 is 9.79 Å². The Bertz CT molecular complexity index is 166. The van der Waals surface area contributed by atoms with Crippen LogP contribution in [0.2, 0.25) is 0 Å². The van der Waals surface area contributed by atoms with E-state index in [0.29, 0.717) is 0 Å². The van der Waals surface area contributed by atoms with Crippen LogP contribution in [0.25, 0.3) is 0 Å². The van der Waals surface area contributed by atoms with E-state index >= 15 is 0 Å². The normalized spacial score (nSPS) is 23.7. The summed E-state index contributed by atoms with van der Waals surface area (Å²) in [5, 5.41) is 0. The van der Waals surface area contributed by atoms with Crippen LogP contribution in [0.4, 0.5) is 0 Å². The van der Waals surface area contributed by atoms with E-state index in [-0.39, 0.29) is 36.3 Å². The van der Waals surface area contributed by atoms with Gasteiger partial charge < -0.3 is 18.9 Å². The van der Waals surface area contributed by atoms with E-state index in [1.807, 2.05) is 0 Å². The Kier molecular flexibility index (Phi) is 6.34. The fourth-order valence-corrected chi connectivity index (χ4v) is 1.30. The first-order valence-electron chi connectivity index (χ1n) is 2.69. The van der Waals surface area contributed by atoms with Crippen molar-refractivity contribution >= 4 is 43.2 Å². The summed E-state index contributed by atoms with van der Waals surface area (Å²) in [5.41, 5.74) is 0. The summed E-state index contributed by atoms with van der Waals surface area (Å²) < 4.78 is 23.2. The van der Waals surface area contributed by atoms with Gasteiger partial charge in [0.15, 0.2) is 12.3 Å². The second-order valence-corrected chi connectivity index (χ2v) is 3.53. The van der Waals surface area contributed by atoms with Crippen molar-refractivity contribution in [2.24, 2.45) is 0 Å². The number of rotatable bonds is 3. The van der Waals surface area contributed by atoms with Crippen LogP contribution in [0, 0.1) is 0 Å². The summed E-state index contributed by atoms with van der Waals surface area (Å²) in [6.07, 6.45) is -0.476. The molecule has 12 heavy (non-hydrogen) atoms. The molecule has 1 heterocycles. The molecule has 0 bridgehead atoms. The predicted molar refractivity (Wildman–Crippen MR) is 37.7 cm³/mol. The van der Waals surface area contributed by atoms with Crippen LogP contribution in [0.1, 0.15) is 0 Å². The van der Waals surface area contributed by atoms with Gasteiger partial charge in [-0.2, -0.15) is 0 Å². The van der Waals surface area contributed by atoms with E-state index in [1.165, 1.54) is 0 Å². The average molecular weight is 224 g/mol. The van der Waals surface area contributed by atoms with Crippen molar-refractivity contribution in [1.29, 1.82) is 0 Å². The summed E-state index contributed by atoms with van der Waals surface area (Å²) in [6, 6.07) is 0. The third-order valence-electron chi connectivity index (χ3n) is 0.896. The standard InChI is InChI=1S/C3H7O6PS.Mg/c4-10(5,6)7-1-3-2-8-11-9-3;/h3H,1-2H2,(H2,4,5,6);/q;+2/p-2. The first-order chi connectivity index (χ1) is 5.08. The first kappa shape index (κ1) is 13.1. The van der Waals surface area contributed by atoms with Gasteiger partial charge in [-0.25, -0.2) is 0 Å². The summed E-state index contributed by atoms with van der Waals surface area (Å²) in [5.74, 6) is 0. The van der Waals surface area contributed by atoms with Crippen LogP contribution >= 0.6 is 20.1 Å². The molecule has 6 nitrogen and oxygen atoms in total. The largest absolute Gasteiger partial charge is 2.00 e. The van der Waals surface area contributed by atoms with Gasteiger partial charge in [0.05, 0.1) is 21.0 Å². The minimum atomic E-state index is -4.86. The van der Waals surface area contributed by atoms with E-state index < -0.39 is 13.9 Å². The molecular formula is C3H5MgO6PS. The molecule has 1 fully saturated rings. The molecule has 1 rings (SSSR count). The van der Waals surface area contributed by atoms with Gasteiger partial charge in [0.1, 0.15) is 6.10 Å². The van der Waals surface area contributed by atoms with Crippen molar-refractivity contribution in [2.75, 3.05) is 13.2 Å². The molecule has 0 saturated carbocycles. The molecule has 1 unspecified atom stereocenters. The van der Waals surface area contributed by atoms with Crippen LogP contribution in [0.5, 0.6) is 0 Å². The molecule has 0 aromatic carbocycles. The molecule has 1 aliphatic heterocycles. The summed E-state index contributed by atoms with van der Waals surface area (Å²) in [4.78, 5) is 19.9. The molecule has 1 atom stereocenters. The van der Waals surface area contributed by atoms with Crippen LogP contribution in [0.3, 0.4) is 0 Å². The van der Waals surface area contributed by atoms with E-state index in [0.717, 1.165) is 12.3 Å². The fourth-order valence-electron chi connectivity index (χ4n) is 0.465. The molecule has 0 aromatic rings. The SMILES string of the molecule is O=P([O-])([O-])OCC1COSO1.[Mg+2]. The zero-order valence-electron chi connectivity index (χ0n) is 6.00. The van der Waals surface area contributed by atoms with Gasteiger partial charge in [-0.1, -0.05) is 0 Å². The van der Waals surface area contributed by atoms with Crippen molar-refractivity contribution in [3.8, 4) is 0 Å². The summed E-state index contributed by atoms with van der Waals surface area (Å²) in [7, 11) is -4.86. The van der Waals surface area contributed by atoms with Gasteiger partial charge in [0.2, 0.25) is 0 Å². The number of phosphoric ester groups is 1. The van der Waals surface area contributed by atoms with Crippen LogP contribution in [0.15, 0.2) is 0 Å². The maximum atomic E-state index is 9.93. The number of hydrogen-bond acceptors (Lipinski definition) is 7. The minimum absolute atomic E-state index is 0. The molecule has 0 aliphatic carbocycles. The topological polar surface area (TPSA) is 90.9 Å². The molecule has 9 heteroatoms. The predicted octanol–water partition coefficient (Wildman–Crippen LogP) is -1.57. The van der Waals surface area contributed by atoms with E-state index in [9.17, 15) is 14.4 Å². The molecule has 1 aliphatic rings. The molecule has 0 N–H and O–H groups in total. The third-order valence-corrected chi connectivity index (χ3v) is 1.94.